The Bertz CT molecular complexity index is 822. The van der Waals surface area contributed by atoms with Gasteiger partial charge in [-0.05, 0) is 18.1 Å². The van der Waals surface area contributed by atoms with Gasteiger partial charge in [0, 0.05) is 23.1 Å². The number of anilines is 1. The monoisotopic (exact) mass is 434 g/mol. The number of halogens is 1. The van der Waals surface area contributed by atoms with Crippen LogP contribution in [0.3, 0.4) is 0 Å². The Labute approximate surface area is 166 Å². The van der Waals surface area contributed by atoms with Crippen molar-refractivity contribution in [1.29, 1.82) is 0 Å². The van der Waals surface area contributed by atoms with Gasteiger partial charge in [-0.15, -0.1) is 0 Å². The Morgan fingerprint density at radius 1 is 1.30 bits per heavy atom. The summed E-state index contributed by atoms with van der Waals surface area (Å²) in [5.41, 5.74) is 5.51. The lowest BCUT2D eigenvalue weighted by molar-refractivity contribution is -0.115. The molecule has 9 heteroatoms. The molecule has 2 heterocycles. The summed E-state index contributed by atoms with van der Waals surface area (Å²) >= 11 is 3.45. The highest BCUT2D eigenvalue weighted by Crippen LogP contribution is 2.26. The van der Waals surface area contributed by atoms with Crippen LogP contribution >= 0.6 is 15.9 Å². The molecule has 3 amide bonds. The average molecular weight is 435 g/mol. The number of carbonyl (C=O) groups is 2. The molecule has 0 radical (unpaired) electrons. The van der Waals surface area contributed by atoms with Crippen LogP contribution in [0.2, 0.25) is 0 Å². The van der Waals surface area contributed by atoms with E-state index in [9.17, 15) is 9.59 Å². The second-order valence-corrected chi connectivity index (χ2v) is 7.28. The number of nitrogens with zero attached hydrogens (tertiary/aromatic N) is 2. The first-order valence-electron chi connectivity index (χ1n) is 8.95. The number of rotatable bonds is 7. The van der Waals surface area contributed by atoms with Crippen molar-refractivity contribution in [3.05, 3.63) is 45.6 Å². The Kier molecular flexibility index (Phi) is 6.46. The Hall–Kier alpha value is -2.39. The first-order chi connectivity index (χ1) is 13.1. The summed E-state index contributed by atoms with van der Waals surface area (Å²) in [6.45, 7) is 3.73. The fourth-order valence-electron chi connectivity index (χ4n) is 2.88. The Morgan fingerprint density at radius 2 is 2.11 bits per heavy atom. The van der Waals surface area contributed by atoms with Crippen LogP contribution in [0, 0.1) is 0 Å². The van der Waals surface area contributed by atoms with Gasteiger partial charge in [-0.25, -0.2) is 9.80 Å². The normalized spacial score (nSPS) is 13.3. The van der Waals surface area contributed by atoms with Gasteiger partial charge in [-0.1, -0.05) is 47.5 Å². The second kappa shape index (κ2) is 9.01. The SMILES string of the molecule is CCCCNC(=O)NN1Cc2[nH]nc(NC(=O)Cc3ccccc3Br)c2C1. The molecule has 0 spiro atoms. The van der Waals surface area contributed by atoms with Crippen LogP contribution < -0.4 is 16.1 Å². The van der Waals surface area contributed by atoms with Crippen LogP contribution in [0.5, 0.6) is 0 Å². The molecule has 0 atom stereocenters. The highest BCUT2D eigenvalue weighted by Gasteiger charge is 2.26. The van der Waals surface area contributed by atoms with Gasteiger partial charge >= 0.3 is 6.03 Å². The molecule has 1 aliphatic rings. The first kappa shape index (κ1) is 19.4. The smallest absolute Gasteiger partial charge is 0.329 e. The summed E-state index contributed by atoms with van der Waals surface area (Å²) < 4.78 is 0.900. The van der Waals surface area contributed by atoms with E-state index in [1.54, 1.807) is 5.01 Å². The third-order valence-electron chi connectivity index (χ3n) is 4.29. The number of H-pyrrole nitrogens is 1. The number of benzene rings is 1. The van der Waals surface area contributed by atoms with Gasteiger partial charge in [0.1, 0.15) is 0 Å². The average Bonchev–Trinajstić information content (AvgIpc) is 3.18. The molecule has 1 aromatic carbocycles. The van der Waals surface area contributed by atoms with Crippen molar-refractivity contribution >= 4 is 33.7 Å². The number of aromatic nitrogens is 2. The summed E-state index contributed by atoms with van der Waals surface area (Å²) in [6, 6.07) is 7.40. The van der Waals surface area contributed by atoms with Crippen molar-refractivity contribution in [2.45, 2.75) is 39.3 Å². The number of amides is 3. The standard InChI is InChI=1S/C18H23BrN6O2/c1-2-3-8-20-18(27)24-25-10-13-15(11-25)22-23-17(13)21-16(26)9-12-6-4-5-7-14(12)19/h4-7H,2-3,8-11H2,1H3,(H2,20,24,27)(H2,21,22,23,26). The van der Waals surface area contributed by atoms with Crippen LogP contribution in [-0.2, 0) is 24.3 Å². The zero-order chi connectivity index (χ0) is 19.2. The number of hydrogen-bond acceptors (Lipinski definition) is 4. The summed E-state index contributed by atoms with van der Waals surface area (Å²) in [6.07, 6.45) is 2.23. The van der Waals surface area contributed by atoms with E-state index in [1.807, 2.05) is 24.3 Å². The van der Waals surface area contributed by atoms with Crippen molar-refractivity contribution < 1.29 is 9.59 Å². The molecule has 144 valence electrons. The van der Waals surface area contributed by atoms with E-state index in [-0.39, 0.29) is 18.4 Å². The van der Waals surface area contributed by atoms with Crippen LogP contribution in [0.25, 0.3) is 0 Å². The molecule has 27 heavy (non-hydrogen) atoms. The van der Waals surface area contributed by atoms with Crippen LogP contribution in [0.1, 0.15) is 36.6 Å². The van der Waals surface area contributed by atoms with E-state index >= 15 is 0 Å². The summed E-state index contributed by atoms with van der Waals surface area (Å²) in [7, 11) is 0. The summed E-state index contributed by atoms with van der Waals surface area (Å²) in [4.78, 5) is 24.2. The molecule has 1 aromatic heterocycles. The molecule has 0 fully saturated rings. The van der Waals surface area contributed by atoms with Gasteiger partial charge in [0.25, 0.3) is 0 Å². The lowest BCUT2D eigenvalue weighted by Gasteiger charge is -2.17. The van der Waals surface area contributed by atoms with Gasteiger partial charge in [-0.2, -0.15) is 5.10 Å². The molecule has 4 N–H and O–H groups in total. The van der Waals surface area contributed by atoms with Crippen molar-refractivity contribution in [3.8, 4) is 0 Å². The Balaban J connectivity index is 1.54. The van der Waals surface area contributed by atoms with Crippen LogP contribution in [0.4, 0.5) is 10.6 Å². The molecule has 0 saturated carbocycles. The molecule has 0 saturated heterocycles. The predicted molar refractivity (Wildman–Crippen MR) is 106 cm³/mol. The molecule has 8 nitrogen and oxygen atoms in total. The van der Waals surface area contributed by atoms with E-state index in [1.165, 1.54) is 0 Å². The van der Waals surface area contributed by atoms with Crippen molar-refractivity contribution in [2.24, 2.45) is 0 Å². The largest absolute Gasteiger partial charge is 0.337 e. The van der Waals surface area contributed by atoms with E-state index in [0.29, 0.717) is 25.5 Å². The number of aromatic amines is 1. The number of fused-ring (bicyclic) bond motifs is 1. The molecule has 0 aliphatic carbocycles. The lowest BCUT2D eigenvalue weighted by Crippen LogP contribution is -2.45. The predicted octanol–water partition coefficient (Wildman–Crippen LogP) is 2.68. The third kappa shape index (κ3) is 5.08. The van der Waals surface area contributed by atoms with E-state index in [4.69, 9.17) is 0 Å². The molecular weight excluding hydrogens is 412 g/mol. The fourth-order valence-corrected chi connectivity index (χ4v) is 3.30. The zero-order valence-corrected chi connectivity index (χ0v) is 16.7. The molecule has 0 bridgehead atoms. The maximum absolute atomic E-state index is 12.4. The second-order valence-electron chi connectivity index (χ2n) is 6.42. The van der Waals surface area contributed by atoms with Crippen molar-refractivity contribution in [1.82, 2.24) is 25.9 Å². The number of hydrogen-bond donors (Lipinski definition) is 4. The minimum atomic E-state index is -0.221. The third-order valence-corrected chi connectivity index (χ3v) is 5.07. The quantitative estimate of drug-likeness (QED) is 0.503. The van der Waals surface area contributed by atoms with E-state index < -0.39 is 0 Å². The minimum absolute atomic E-state index is 0.139. The number of carbonyl (C=O) groups excluding carboxylic acids is 2. The number of nitrogens with one attached hydrogen (secondary N) is 4. The highest BCUT2D eigenvalue weighted by molar-refractivity contribution is 9.10. The van der Waals surface area contributed by atoms with Crippen molar-refractivity contribution in [2.75, 3.05) is 11.9 Å². The maximum atomic E-state index is 12.4. The molecule has 0 unspecified atom stereocenters. The Morgan fingerprint density at radius 3 is 2.89 bits per heavy atom. The van der Waals surface area contributed by atoms with Crippen LogP contribution in [0.15, 0.2) is 28.7 Å². The van der Waals surface area contributed by atoms with E-state index in [2.05, 4.69) is 49.1 Å². The van der Waals surface area contributed by atoms with Gasteiger partial charge in [0.15, 0.2) is 5.82 Å². The molecule has 3 rings (SSSR count). The number of hydrazine groups is 1. The van der Waals surface area contributed by atoms with Gasteiger partial charge in [-0.3, -0.25) is 15.3 Å². The van der Waals surface area contributed by atoms with Crippen molar-refractivity contribution in [3.63, 3.8) is 0 Å². The van der Waals surface area contributed by atoms with E-state index in [0.717, 1.165) is 34.1 Å². The van der Waals surface area contributed by atoms with Crippen LogP contribution in [-0.4, -0.2) is 33.7 Å². The lowest BCUT2D eigenvalue weighted by atomic mass is 10.1. The fraction of sp³-hybridized carbons (Fsp3) is 0.389. The number of unbranched alkanes of at least 4 members (excludes halogenated alkanes) is 1. The summed E-state index contributed by atoms with van der Waals surface area (Å²) in [5.74, 6) is 0.373. The topological polar surface area (TPSA) is 102 Å². The maximum Gasteiger partial charge on any atom is 0.329 e. The highest BCUT2D eigenvalue weighted by atomic mass is 79.9. The molecule has 2 aromatic rings. The zero-order valence-electron chi connectivity index (χ0n) is 15.1. The minimum Gasteiger partial charge on any atom is -0.337 e. The molecule has 1 aliphatic heterocycles. The van der Waals surface area contributed by atoms with Gasteiger partial charge in [0.2, 0.25) is 5.91 Å². The van der Waals surface area contributed by atoms with Gasteiger partial charge in [0.05, 0.1) is 18.7 Å². The molecular formula is C18H23BrN6O2. The van der Waals surface area contributed by atoms with Gasteiger partial charge < -0.3 is 10.6 Å². The number of urea groups is 1. The summed E-state index contributed by atoms with van der Waals surface area (Å²) in [5, 5.41) is 14.6. The first-order valence-corrected chi connectivity index (χ1v) is 9.75.